The van der Waals surface area contributed by atoms with Gasteiger partial charge in [0.05, 0.1) is 6.10 Å². The SMILES string of the molecule is COC1CC2(CCN(C(C)=O)CC2)c2ccc(C)cc21. The zero-order valence-corrected chi connectivity index (χ0v) is 12.6. The Labute approximate surface area is 120 Å². The fraction of sp³-hybridized carbons (Fsp3) is 0.588. The van der Waals surface area contributed by atoms with E-state index in [1.807, 2.05) is 4.90 Å². The maximum Gasteiger partial charge on any atom is 0.219 e. The van der Waals surface area contributed by atoms with Gasteiger partial charge in [0.2, 0.25) is 5.91 Å². The monoisotopic (exact) mass is 273 g/mol. The van der Waals surface area contributed by atoms with Crippen LogP contribution in [0.25, 0.3) is 0 Å². The molecule has 1 aliphatic carbocycles. The third kappa shape index (κ3) is 2.05. The minimum absolute atomic E-state index is 0.199. The molecule has 0 N–H and O–H groups in total. The molecule has 0 saturated carbocycles. The highest BCUT2D eigenvalue weighted by Gasteiger charge is 2.45. The first-order chi connectivity index (χ1) is 9.55. The van der Waals surface area contributed by atoms with Gasteiger partial charge in [-0.1, -0.05) is 23.8 Å². The molecule has 1 spiro atoms. The second kappa shape index (κ2) is 4.88. The maximum atomic E-state index is 11.5. The van der Waals surface area contributed by atoms with Crippen LogP contribution in [0, 0.1) is 6.92 Å². The van der Waals surface area contributed by atoms with Crippen LogP contribution < -0.4 is 0 Å². The number of likely N-dealkylation sites (tertiary alicyclic amines) is 1. The highest BCUT2D eigenvalue weighted by molar-refractivity contribution is 5.73. The molecule has 3 heteroatoms. The van der Waals surface area contributed by atoms with Gasteiger partial charge in [0.15, 0.2) is 0 Å². The van der Waals surface area contributed by atoms with Crippen LogP contribution in [0.2, 0.25) is 0 Å². The number of amides is 1. The van der Waals surface area contributed by atoms with Gasteiger partial charge in [0, 0.05) is 32.5 Å². The Kier molecular flexibility index (Phi) is 3.33. The molecular formula is C17H23NO2. The van der Waals surface area contributed by atoms with Crippen LogP contribution in [-0.2, 0) is 14.9 Å². The number of piperidine rings is 1. The summed E-state index contributed by atoms with van der Waals surface area (Å²) in [5.74, 6) is 0.199. The number of ether oxygens (including phenoxy) is 1. The topological polar surface area (TPSA) is 29.5 Å². The number of rotatable bonds is 1. The molecule has 1 amide bonds. The zero-order chi connectivity index (χ0) is 14.3. The van der Waals surface area contributed by atoms with E-state index in [2.05, 4.69) is 25.1 Å². The van der Waals surface area contributed by atoms with E-state index in [4.69, 9.17) is 4.74 Å². The predicted molar refractivity (Wildman–Crippen MR) is 78.7 cm³/mol. The van der Waals surface area contributed by atoms with Crippen LogP contribution in [0.5, 0.6) is 0 Å². The van der Waals surface area contributed by atoms with E-state index in [-0.39, 0.29) is 17.4 Å². The van der Waals surface area contributed by atoms with Gasteiger partial charge in [-0.25, -0.2) is 0 Å². The second-order valence-electron chi connectivity index (χ2n) is 6.31. The highest BCUT2D eigenvalue weighted by atomic mass is 16.5. The lowest BCUT2D eigenvalue weighted by atomic mass is 9.73. The van der Waals surface area contributed by atoms with Gasteiger partial charge >= 0.3 is 0 Å². The summed E-state index contributed by atoms with van der Waals surface area (Å²) in [5.41, 5.74) is 4.33. The number of hydrogen-bond donors (Lipinski definition) is 0. The lowest BCUT2D eigenvalue weighted by Crippen LogP contribution is -2.43. The van der Waals surface area contributed by atoms with Gasteiger partial charge in [-0.3, -0.25) is 4.79 Å². The molecule has 1 fully saturated rings. The van der Waals surface area contributed by atoms with E-state index in [9.17, 15) is 4.79 Å². The second-order valence-corrected chi connectivity index (χ2v) is 6.31. The van der Waals surface area contributed by atoms with E-state index >= 15 is 0 Å². The molecule has 0 bridgehead atoms. The van der Waals surface area contributed by atoms with Gasteiger partial charge in [-0.15, -0.1) is 0 Å². The van der Waals surface area contributed by atoms with Crippen molar-refractivity contribution in [1.82, 2.24) is 4.90 Å². The molecule has 1 unspecified atom stereocenters. The molecule has 20 heavy (non-hydrogen) atoms. The van der Waals surface area contributed by atoms with Crippen molar-refractivity contribution in [2.45, 2.75) is 44.6 Å². The standard InChI is InChI=1S/C17H23NO2/c1-12-4-5-15-14(10-12)16(20-3)11-17(15)6-8-18(9-7-17)13(2)19/h4-5,10,16H,6-9,11H2,1-3H3. The number of aryl methyl sites for hydroxylation is 1. The molecule has 1 heterocycles. The van der Waals surface area contributed by atoms with E-state index in [0.29, 0.717) is 0 Å². The van der Waals surface area contributed by atoms with Crippen molar-refractivity contribution >= 4 is 5.91 Å². The lowest BCUT2D eigenvalue weighted by Gasteiger charge is -2.40. The first-order valence-electron chi connectivity index (χ1n) is 7.45. The number of fused-ring (bicyclic) bond motifs is 2. The molecule has 2 aliphatic rings. The normalized spacial score (nSPS) is 23.9. The number of carbonyl (C=O) groups excluding carboxylic acids is 1. The first kappa shape index (κ1) is 13.6. The minimum Gasteiger partial charge on any atom is -0.377 e. The summed E-state index contributed by atoms with van der Waals surface area (Å²) >= 11 is 0. The molecule has 1 aliphatic heterocycles. The largest absolute Gasteiger partial charge is 0.377 e. The van der Waals surface area contributed by atoms with Crippen LogP contribution in [0.15, 0.2) is 18.2 Å². The highest BCUT2D eigenvalue weighted by Crippen LogP contribution is 2.52. The zero-order valence-electron chi connectivity index (χ0n) is 12.6. The molecular weight excluding hydrogens is 250 g/mol. The van der Waals surface area contributed by atoms with Crippen molar-refractivity contribution < 1.29 is 9.53 Å². The minimum atomic E-state index is 0.199. The lowest BCUT2D eigenvalue weighted by molar-refractivity contribution is -0.130. The van der Waals surface area contributed by atoms with Crippen molar-refractivity contribution in [3.05, 3.63) is 34.9 Å². The van der Waals surface area contributed by atoms with E-state index in [0.717, 1.165) is 32.4 Å². The van der Waals surface area contributed by atoms with Crippen molar-refractivity contribution in [1.29, 1.82) is 0 Å². The summed E-state index contributed by atoms with van der Waals surface area (Å²) in [4.78, 5) is 13.5. The van der Waals surface area contributed by atoms with E-state index < -0.39 is 0 Å². The van der Waals surface area contributed by atoms with E-state index in [1.165, 1.54) is 16.7 Å². The number of nitrogens with zero attached hydrogens (tertiary/aromatic N) is 1. The van der Waals surface area contributed by atoms with Gasteiger partial charge < -0.3 is 9.64 Å². The molecule has 3 rings (SSSR count). The number of benzene rings is 1. The first-order valence-corrected chi connectivity index (χ1v) is 7.45. The van der Waals surface area contributed by atoms with Crippen molar-refractivity contribution in [3.63, 3.8) is 0 Å². The fourth-order valence-electron chi connectivity index (χ4n) is 3.94. The van der Waals surface area contributed by atoms with Crippen LogP contribution >= 0.6 is 0 Å². The molecule has 108 valence electrons. The maximum absolute atomic E-state index is 11.5. The summed E-state index contributed by atoms with van der Waals surface area (Å²) < 4.78 is 5.71. The summed E-state index contributed by atoms with van der Waals surface area (Å²) in [6, 6.07) is 6.76. The molecule has 1 aromatic rings. The summed E-state index contributed by atoms with van der Waals surface area (Å²) in [5, 5.41) is 0. The Morgan fingerprint density at radius 2 is 2.05 bits per heavy atom. The molecule has 1 aromatic carbocycles. The smallest absolute Gasteiger partial charge is 0.219 e. The average molecular weight is 273 g/mol. The Balaban J connectivity index is 1.92. The molecule has 0 aromatic heterocycles. The predicted octanol–water partition coefficient (Wildman–Crippen LogP) is 2.97. The number of carbonyl (C=O) groups is 1. The summed E-state index contributed by atoms with van der Waals surface area (Å²) in [6.45, 7) is 5.55. The Bertz CT molecular complexity index is 530. The third-order valence-electron chi connectivity index (χ3n) is 5.15. The Hall–Kier alpha value is -1.35. The average Bonchev–Trinajstić information content (AvgIpc) is 2.73. The Morgan fingerprint density at radius 3 is 2.65 bits per heavy atom. The van der Waals surface area contributed by atoms with Crippen LogP contribution in [0.1, 0.15) is 49.0 Å². The molecule has 3 nitrogen and oxygen atoms in total. The van der Waals surface area contributed by atoms with Crippen LogP contribution in [0.3, 0.4) is 0 Å². The molecule has 1 atom stereocenters. The van der Waals surface area contributed by atoms with Gasteiger partial charge in [-0.05, 0) is 37.3 Å². The fourth-order valence-corrected chi connectivity index (χ4v) is 3.94. The quantitative estimate of drug-likeness (QED) is 0.787. The van der Waals surface area contributed by atoms with Gasteiger partial charge in [0.1, 0.15) is 0 Å². The third-order valence-corrected chi connectivity index (χ3v) is 5.15. The number of hydrogen-bond acceptors (Lipinski definition) is 2. The molecule has 0 radical (unpaired) electrons. The Morgan fingerprint density at radius 1 is 1.35 bits per heavy atom. The molecule has 1 saturated heterocycles. The van der Waals surface area contributed by atoms with Crippen LogP contribution in [0.4, 0.5) is 0 Å². The van der Waals surface area contributed by atoms with Crippen LogP contribution in [-0.4, -0.2) is 31.0 Å². The summed E-state index contributed by atoms with van der Waals surface area (Å²) in [6.07, 6.45) is 3.40. The van der Waals surface area contributed by atoms with E-state index in [1.54, 1.807) is 14.0 Å². The summed E-state index contributed by atoms with van der Waals surface area (Å²) in [7, 11) is 1.81. The van der Waals surface area contributed by atoms with Gasteiger partial charge in [-0.2, -0.15) is 0 Å². The number of methoxy groups -OCH3 is 1. The van der Waals surface area contributed by atoms with Crippen molar-refractivity contribution in [3.8, 4) is 0 Å². The van der Waals surface area contributed by atoms with Crippen molar-refractivity contribution in [2.75, 3.05) is 20.2 Å². The van der Waals surface area contributed by atoms with Gasteiger partial charge in [0.25, 0.3) is 0 Å². The van der Waals surface area contributed by atoms with Crippen molar-refractivity contribution in [2.24, 2.45) is 0 Å².